The van der Waals surface area contributed by atoms with Crippen molar-refractivity contribution in [3.05, 3.63) is 36.0 Å². The molecule has 132 valence electrons. The molecular formula is C16H18N4O5. The van der Waals surface area contributed by atoms with Gasteiger partial charge in [0.25, 0.3) is 0 Å². The van der Waals surface area contributed by atoms with Gasteiger partial charge in [-0.05, 0) is 11.6 Å². The fourth-order valence-electron chi connectivity index (χ4n) is 2.50. The highest BCUT2D eigenvalue weighted by Crippen LogP contribution is 2.19. The van der Waals surface area contributed by atoms with E-state index in [0.717, 1.165) is 16.5 Å². The SMILES string of the molecule is NC(=O)C[C@H](NC(=O)[C@H](Cc1c[nH]c2ccccc12)NC=O)C(=O)O. The first-order valence-corrected chi connectivity index (χ1v) is 7.48. The number of aliphatic carboxylic acids is 1. The second-order valence-corrected chi connectivity index (χ2v) is 5.47. The third-order valence-electron chi connectivity index (χ3n) is 3.70. The molecule has 0 aliphatic rings. The van der Waals surface area contributed by atoms with Crippen LogP contribution in [0.1, 0.15) is 12.0 Å². The second-order valence-electron chi connectivity index (χ2n) is 5.47. The van der Waals surface area contributed by atoms with Gasteiger partial charge in [-0.3, -0.25) is 14.4 Å². The zero-order valence-corrected chi connectivity index (χ0v) is 13.2. The summed E-state index contributed by atoms with van der Waals surface area (Å²) in [5.74, 6) is -2.96. The summed E-state index contributed by atoms with van der Waals surface area (Å²) >= 11 is 0. The van der Waals surface area contributed by atoms with Gasteiger partial charge in [-0.25, -0.2) is 4.79 Å². The largest absolute Gasteiger partial charge is 0.480 e. The van der Waals surface area contributed by atoms with Gasteiger partial charge >= 0.3 is 5.97 Å². The fraction of sp³-hybridized carbons (Fsp3) is 0.250. The normalized spacial score (nSPS) is 13.0. The molecule has 1 aromatic carbocycles. The summed E-state index contributed by atoms with van der Waals surface area (Å²) < 4.78 is 0. The number of benzene rings is 1. The number of aromatic nitrogens is 1. The third kappa shape index (κ3) is 4.56. The van der Waals surface area contributed by atoms with Crippen molar-refractivity contribution < 1.29 is 24.3 Å². The van der Waals surface area contributed by atoms with E-state index in [1.54, 1.807) is 6.20 Å². The molecule has 1 aromatic heterocycles. The van der Waals surface area contributed by atoms with E-state index >= 15 is 0 Å². The number of carboxylic acids is 1. The number of carbonyl (C=O) groups is 4. The molecule has 9 heteroatoms. The van der Waals surface area contributed by atoms with Crippen molar-refractivity contribution in [3.63, 3.8) is 0 Å². The van der Waals surface area contributed by atoms with Gasteiger partial charge in [-0.1, -0.05) is 18.2 Å². The molecule has 0 saturated carbocycles. The molecule has 0 aliphatic carbocycles. The van der Waals surface area contributed by atoms with E-state index in [4.69, 9.17) is 10.8 Å². The van der Waals surface area contributed by atoms with Crippen molar-refractivity contribution in [2.24, 2.45) is 5.73 Å². The van der Waals surface area contributed by atoms with E-state index in [-0.39, 0.29) is 6.42 Å². The molecule has 0 bridgehead atoms. The van der Waals surface area contributed by atoms with Crippen molar-refractivity contribution in [2.75, 3.05) is 0 Å². The van der Waals surface area contributed by atoms with Gasteiger partial charge < -0.3 is 26.5 Å². The molecule has 6 N–H and O–H groups in total. The number of nitrogens with one attached hydrogen (secondary N) is 3. The van der Waals surface area contributed by atoms with Crippen LogP contribution in [0, 0.1) is 0 Å². The Labute approximate surface area is 142 Å². The number of amides is 3. The van der Waals surface area contributed by atoms with E-state index in [9.17, 15) is 19.2 Å². The molecule has 2 atom stereocenters. The number of carboxylic acid groups (broad SMARTS) is 1. The lowest BCUT2D eigenvalue weighted by Gasteiger charge is -2.19. The van der Waals surface area contributed by atoms with Crippen LogP contribution < -0.4 is 16.4 Å². The molecule has 2 rings (SSSR count). The molecule has 3 amide bonds. The van der Waals surface area contributed by atoms with Crippen LogP contribution >= 0.6 is 0 Å². The number of primary amides is 1. The van der Waals surface area contributed by atoms with E-state index in [0.29, 0.717) is 6.41 Å². The summed E-state index contributed by atoms with van der Waals surface area (Å²) in [4.78, 5) is 48.3. The highest BCUT2D eigenvalue weighted by molar-refractivity contribution is 5.91. The average molecular weight is 346 g/mol. The molecule has 2 aromatic rings. The molecule has 0 radical (unpaired) electrons. The van der Waals surface area contributed by atoms with Crippen LogP contribution in [-0.2, 0) is 25.6 Å². The predicted molar refractivity (Wildman–Crippen MR) is 88.4 cm³/mol. The molecular weight excluding hydrogens is 328 g/mol. The summed E-state index contributed by atoms with van der Waals surface area (Å²) in [5, 5.41) is 14.5. The number of para-hydroxylation sites is 1. The predicted octanol–water partition coefficient (Wildman–Crippen LogP) is -0.730. The number of fused-ring (bicyclic) bond motifs is 1. The molecule has 0 unspecified atom stereocenters. The zero-order chi connectivity index (χ0) is 18.4. The van der Waals surface area contributed by atoms with E-state index in [2.05, 4.69) is 15.6 Å². The number of hydrogen-bond acceptors (Lipinski definition) is 4. The number of carbonyl (C=O) groups excluding carboxylic acids is 3. The first-order valence-electron chi connectivity index (χ1n) is 7.48. The van der Waals surface area contributed by atoms with Crippen LogP contribution in [0.25, 0.3) is 10.9 Å². The Morgan fingerprint density at radius 2 is 1.96 bits per heavy atom. The fourth-order valence-corrected chi connectivity index (χ4v) is 2.50. The third-order valence-corrected chi connectivity index (χ3v) is 3.70. The van der Waals surface area contributed by atoms with Crippen LogP contribution in [0.15, 0.2) is 30.5 Å². The molecule has 0 aliphatic heterocycles. The number of H-pyrrole nitrogens is 1. The first-order chi connectivity index (χ1) is 11.9. The minimum absolute atomic E-state index is 0.150. The lowest BCUT2D eigenvalue weighted by Crippen LogP contribution is -2.51. The summed E-state index contributed by atoms with van der Waals surface area (Å²) in [5.41, 5.74) is 6.64. The van der Waals surface area contributed by atoms with Gasteiger partial charge in [0.05, 0.1) is 6.42 Å². The second kappa shape index (κ2) is 7.95. The number of aromatic amines is 1. The van der Waals surface area contributed by atoms with Gasteiger partial charge in [-0.15, -0.1) is 0 Å². The van der Waals surface area contributed by atoms with Crippen LogP contribution in [0.3, 0.4) is 0 Å². The van der Waals surface area contributed by atoms with Crippen molar-refractivity contribution >= 4 is 35.1 Å². The topological polar surface area (TPSA) is 154 Å². The van der Waals surface area contributed by atoms with E-state index in [1.807, 2.05) is 24.3 Å². The zero-order valence-electron chi connectivity index (χ0n) is 13.2. The lowest BCUT2D eigenvalue weighted by atomic mass is 10.0. The standard InChI is InChI=1S/C16H18N4O5/c17-14(22)6-13(16(24)25)20-15(23)12(19-8-21)5-9-7-18-11-4-2-1-3-10(9)11/h1-4,7-8,12-13,18H,5-6H2,(H2,17,22)(H,19,21)(H,20,23)(H,24,25)/t12-,13-/m0/s1. The Morgan fingerprint density at radius 3 is 2.60 bits per heavy atom. The smallest absolute Gasteiger partial charge is 0.326 e. The monoisotopic (exact) mass is 346 g/mol. The summed E-state index contributed by atoms with van der Waals surface area (Å²) in [6.45, 7) is 0. The maximum Gasteiger partial charge on any atom is 0.326 e. The Bertz CT molecular complexity index is 801. The minimum Gasteiger partial charge on any atom is -0.480 e. The molecule has 0 spiro atoms. The Morgan fingerprint density at radius 1 is 1.24 bits per heavy atom. The van der Waals surface area contributed by atoms with Gasteiger partial charge in [0.1, 0.15) is 12.1 Å². The Kier molecular flexibility index (Phi) is 5.72. The molecule has 0 fully saturated rings. The Hall–Kier alpha value is -3.36. The van der Waals surface area contributed by atoms with E-state index in [1.165, 1.54) is 0 Å². The number of nitrogens with two attached hydrogens (primary N) is 1. The quantitative estimate of drug-likeness (QED) is 0.379. The molecule has 0 saturated heterocycles. The van der Waals surface area contributed by atoms with Crippen molar-refractivity contribution in [3.8, 4) is 0 Å². The van der Waals surface area contributed by atoms with Crippen LogP contribution in [0.2, 0.25) is 0 Å². The maximum absolute atomic E-state index is 12.3. The molecule has 25 heavy (non-hydrogen) atoms. The van der Waals surface area contributed by atoms with Gasteiger partial charge in [0.2, 0.25) is 18.2 Å². The molecule has 1 heterocycles. The molecule has 9 nitrogen and oxygen atoms in total. The van der Waals surface area contributed by atoms with Gasteiger partial charge in [0.15, 0.2) is 0 Å². The maximum atomic E-state index is 12.3. The van der Waals surface area contributed by atoms with Crippen molar-refractivity contribution in [1.82, 2.24) is 15.6 Å². The summed E-state index contributed by atoms with van der Waals surface area (Å²) in [7, 11) is 0. The lowest BCUT2D eigenvalue weighted by molar-refractivity contribution is -0.143. The van der Waals surface area contributed by atoms with Gasteiger partial charge in [-0.2, -0.15) is 0 Å². The highest BCUT2D eigenvalue weighted by atomic mass is 16.4. The van der Waals surface area contributed by atoms with Crippen LogP contribution in [0.4, 0.5) is 0 Å². The Balaban J connectivity index is 2.16. The van der Waals surface area contributed by atoms with Crippen LogP contribution in [-0.4, -0.2) is 46.4 Å². The van der Waals surface area contributed by atoms with Crippen LogP contribution in [0.5, 0.6) is 0 Å². The minimum atomic E-state index is -1.45. The van der Waals surface area contributed by atoms with Gasteiger partial charge in [0, 0.05) is 23.5 Å². The summed E-state index contributed by atoms with van der Waals surface area (Å²) in [6.07, 6.45) is 1.69. The number of rotatable bonds is 9. The highest BCUT2D eigenvalue weighted by Gasteiger charge is 2.27. The summed E-state index contributed by atoms with van der Waals surface area (Å²) in [6, 6.07) is 4.99. The van der Waals surface area contributed by atoms with Crippen molar-refractivity contribution in [1.29, 1.82) is 0 Å². The first kappa shape index (κ1) is 18.0. The average Bonchev–Trinajstić information content (AvgIpc) is 2.96. The van der Waals surface area contributed by atoms with E-state index < -0.39 is 36.3 Å². The van der Waals surface area contributed by atoms with Crippen molar-refractivity contribution in [2.45, 2.75) is 24.9 Å². The number of hydrogen-bond donors (Lipinski definition) is 5.